The molecule has 22 rings (SSSR count). The zero-order valence-electron chi connectivity index (χ0n) is 60.7. The summed E-state index contributed by atoms with van der Waals surface area (Å²) in [7, 11) is 0. The van der Waals surface area contributed by atoms with Crippen molar-refractivity contribution in [3.05, 3.63) is 350 Å². The van der Waals surface area contributed by atoms with E-state index in [2.05, 4.69) is 212 Å². The van der Waals surface area contributed by atoms with E-state index >= 15 is 0 Å². The zero-order valence-corrected chi connectivity index (χ0v) is 60.7. The molecule has 0 saturated heterocycles. The molecule has 0 atom stereocenters. The third kappa shape index (κ3) is 11.2. The molecule has 4 aromatic heterocycles. The molecule has 0 bridgehead atoms. The second-order valence-electron chi connectivity index (χ2n) is 30.1. The molecule has 2 spiro atoms. The normalized spacial score (nSPS) is 14.3. The Morgan fingerprint density at radius 3 is 1.00 bits per heavy atom. The van der Waals surface area contributed by atoms with Crippen LogP contribution in [0.25, 0.3) is 179 Å². The smallest absolute Gasteiger partial charge is 0.164 e. The number of rotatable bonds is 10. The van der Waals surface area contributed by atoms with Crippen LogP contribution in [0.15, 0.2) is 336 Å². The molecule has 8 nitrogen and oxygen atoms in total. The maximum atomic E-state index is 6.23. The van der Waals surface area contributed by atoms with Gasteiger partial charge in [-0.25, -0.2) is 29.9 Å². The van der Waals surface area contributed by atoms with Crippen molar-refractivity contribution in [1.29, 1.82) is 0 Å². The lowest BCUT2D eigenvalue weighted by Gasteiger charge is -2.36. The maximum Gasteiger partial charge on any atom is 0.164 e. The molecule has 2 saturated carbocycles. The van der Waals surface area contributed by atoms with Gasteiger partial charge < -0.3 is 8.83 Å². The van der Waals surface area contributed by atoms with Crippen LogP contribution in [0.1, 0.15) is 86.5 Å². The number of hydrogen-bond donors (Lipinski definition) is 0. The lowest BCUT2D eigenvalue weighted by Crippen LogP contribution is -2.27. The molecule has 0 unspecified atom stereocenters. The molecular weight excluding hydrogens is 1340 g/mol. The van der Waals surface area contributed by atoms with Crippen LogP contribution in [-0.4, -0.2) is 29.9 Å². The molecule has 2 fully saturated rings. The highest BCUT2D eigenvalue weighted by Gasteiger charge is 2.46. The van der Waals surface area contributed by atoms with Gasteiger partial charge in [-0.05, 0) is 169 Å². The van der Waals surface area contributed by atoms with Crippen molar-refractivity contribution in [2.45, 2.75) is 75.0 Å². The van der Waals surface area contributed by atoms with Crippen molar-refractivity contribution < 1.29 is 8.83 Å². The largest absolute Gasteiger partial charge is 0.456 e. The fourth-order valence-corrected chi connectivity index (χ4v) is 18.7. The van der Waals surface area contributed by atoms with Crippen LogP contribution in [0.3, 0.4) is 0 Å². The topological polar surface area (TPSA) is 104 Å². The van der Waals surface area contributed by atoms with E-state index in [9.17, 15) is 0 Å². The molecule has 4 heterocycles. The highest BCUT2D eigenvalue weighted by molar-refractivity contribution is 6.07. The Morgan fingerprint density at radius 1 is 0.191 bits per heavy atom. The molecule has 0 radical (unpaired) electrons. The standard InChI is InChI=1S/2C51H37N3O/c1-3-13-34(14-4-1)48-52-49(54-50(53-48)38-27-28-41-40-17-6-8-22-45(40)55-46(41)32-38)35-25-23-33(24-26-35)36-15-11-16-37(31-36)39-19-12-21-44-47(39)42-18-5-7-20-43(42)51(44)29-9-2-10-30-51;1-3-13-34(14-4-1)48-52-49(54-50(53-48)38-27-28-46-42(32-38)40-17-6-8-22-45(40)55-46)35-25-23-33(24-26-35)36-15-11-16-37(31-36)39-19-12-21-44-47(39)41-18-5-7-20-43(41)51(44)29-9-2-10-30-51/h2*1,3-8,11-28,31-32H,2,9-10,29-30H2. The predicted octanol–water partition coefficient (Wildman–Crippen LogP) is 26.7. The average molecular weight is 1420 g/mol. The van der Waals surface area contributed by atoms with Crippen LogP contribution in [0.2, 0.25) is 0 Å². The number of para-hydroxylation sites is 2. The van der Waals surface area contributed by atoms with Gasteiger partial charge in [0.1, 0.15) is 22.3 Å². The minimum atomic E-state index is 0.142. The Morgan fingerprint density at radius 2 is 0.509 bits per heavy atom. The van der Waals surface area contributed by atoms with E-state index in [0.717, 1.165) is 88.4 Å². The summed E-state index contributed by atoms with van der Waals surface area (Å²) < 4.78 is 12.3. The van der Waals surface area contributed by atoms with Gasteiger partial charge in [0.15, 0.2) is 34.9 Å². The molecule has 0 aliphatic heterocycles. The number of nitrogens with zero attached hydrogens (tertiary/aromatic N) is 6. The monoisotopic (exact) mass is 1410 g/mol. The summed E-state index contributed by atoms with van der Waals surface area (Å²) in [6.07, 6.45) is 12.8. The van der Waals surface area contributed by atoms with E-state index in [0.29, 0.717) is 34.9 Å². The van der Waals surface area contributed by atoms with E-state index in [1.807, 2.05) is 115 Å². The summed E-state index contributed by atoms with van der Waals surface area (Å²) in [6, 6.07) is 116. The first-order valence-corrected chi connectivity index (χ1v) is 38.8. The highest BCUT2D eigenvalue weighted by Crippen LogP contribution is 2.60. The minimum Gasteiger partial charge on any atom is -0.456 e. The van der Waals surface area contributed by atoms with Crippen molar-refractivity contribution in [1.82, 2.24) is 29.9 Å². The fraction of sp³-hybridized carbons (Fsp3) is 0.118. The summed E-state index contributed by atoms with van der Waals surface area (Å²) >= 11 is 0. The van der Waals surface area contributed by atoms with Gasteiger partial charge in [0.05, 0.1) is 0 Å². The van der Waals surface area contributed by atoms with Gasteiger partial charge in [0, 0.05) is 65.8 Å². The van der Waals surface area contributed by atoms with Gasteiger partial charge in [-0.1, -0.05) is 312 Å². The summed E-state index contributed by atoms with van der Waals surface area (Å²) in [6.45, 7) is 0. The van der Waals surface area contributed by atoms with Crippen molar-refractivity contribution in [2.75, 3.05) is 0 Å². The van der Waals surface area contributed by atoms with Crippen molar-refractivity contribution in [2.24, 2.45) is 0 Å². The summed E-state index contributed by atoms with van der Waals surface area (Å²) in [4.78, 5) is 30.1. The fourth-order valence-electron chi connectivity index (χ4n) is 18.7. The molecule has 524 valence electrons. The number of furan rings is 2. The van der Waals surface area contributed by atoms with E-state index < -0.39 is 0 Å². The Kier molecular flexibility index (Phi) is 15.9. The van der Waals surface area contributed by atoms with Crippen LogP contribution >= 0.6 is 0 Å². The Bertz CT molecular complexity index is 6600. The number of aromatic nitrogens is 6. The maximum absolute atomic E-state index is 6.23. The van der Waals surface area contributed by atoms with Crippen LogP contribution < -0.4 is 0 Å². The molecule has 14 aromatic carbocycles. The molecule has 0 N–H and O–H groups in total. The molecule has 18 aromatic rings. The summed E-state index contributed by atoms with van der Waals surface area (Å²) in [5, 5.41) is 4.29. The second kappa shape index (κ2) is 26.9. The number of benzene rings is 14. The number of hydrogen-bond acceptors (Lipinski definition) is 8. The third-order valence-electron chi connectivity index (χ3n) is 23.9. The minimum absolute atomic E-state index is 0.142. The highest BCUT2D eigenvalue weighted by atomic mass is 16.3. The zero-order chi connectivity index (χ0) is 72.7. The van der Waals surface area contributed by atoms with E-state index in [4.69, 9.17) is 38.7 Å². The summed E-state index contributed by atoms with van der Waals surface area (Å²) in [5.74, 6) is 3.77. The average Bonchev–Trinajstić information content (AvgIpc) is 1.56. The Balaban J connectivity index is 0.000000140. The van der Waals surface area contributed by atoms with Crippen LogP contribution in [0, 0.1) is 0 Å². The van der Waals surface area contributed by atoms with E-state index in [-0.39, 0.29) is 10.8 Å². The Labute approximate surface area is 638 Å². The Hall–Kier alpha value is -13.3. The van der Waals surface area contributed by atoms with Crippen LogP contribution in [0.5, 0.6) is 0 Å². The van der Waals surface area contributed by atoms with E-state index in [1.165, 1.54) is 142 Å². The first-order chi connectivity index (χ1) is 54.4. The lowest BCUT2D eigenvalue weighted by atomic mass is 9.68. The third-order valence-corrected chi connectivity index (χ3v) is 23.9. The molecule has 110 heavy (non-hydrogen) atoms. The summed E-state index contributed by atoms with van der Waals surface area (Å²) in [5.41, 5.74) is 30.8. The van der Waals surface area contributed by atoms with Crippen LogP contribution in [-0.2, 0) is 10.8 Å². The quantitative estimate of drug-likeness (QED) is 0.133. The molecule has 4 aliphatic carbocycles. The molecule has 4 aliphatic rings. The first-order valence-electron chi connectivity index (χ1n) is 38.8. The van der Waals surface area contributed by atoms with Gasteiger partial charge in [-0.2, -0.15) is 0 Å². The van der Waals surface area contributed by atoms with Crippen LogP contribution in [0.4, 0.5) is 0 Å². The van der Waals surface area contributed by atoms with Gasteiger partial charge in [-0.3, -0.25) is 0 Å². The van der Waals surface area contributed by atoms with Gasteiger partial charge in [0.25, 0.3) is 0 Å². The van der Waals surface area contributed by atoms with Crippen molar-refractivity contribution in [3.8, 4) is 135 Å². The predicted molar refractivity (Wildman–Crippen MR) is 447 cm³/mol. The van der Waals surface area contributed by atoms with Crippen molar-refractivity contribution >= 4 is 43.9 Å². The van der Waals surface area contributed by atoms with Gasteiger partial charge >= 0.3 is 0 Å². The molecular formula is C102H74N6O2. The van der Waals surface area contributed by atoms with Gasteiger partial charge in [-0.15, -0.1) is 0 Å². The SMILES string of the molecule is c1ccc(-c2nc(-c3ccc(-c4cccc(-c5cccc6c5-c5ccccc5C65CCCCC5)c4)cc3)nc(-c3ccc4c(c3)oc3ccccc34)n2)cc1.c1ccc(-c2nc(-c3ccc(-c4cccc(-c5cccc6c5-c5ccccc5C65CCCCC5)c4)cc3)nc(-c3ccc4oc5ccccc5c4c3)n2)cc1. The second-order valence-corrected chi connectivity index (χ2v) is 30.1. The molecule has 8 heteroatoms. The van der Waals surface area contributed by atoms with E-state index in [1.54, 1.807) is 0 Å². The van der Waals surface area contributed by atoms with Crippen molar-refractivity contribution in [3.63, 3.8) is 0 Å². The number of fused-ring (bicyclic) bond motifs is 16. The lowest BCUT2D eigenvalue weighted by molar-refractivity contribution is 0.353. The molecule has 0 amide bonds. The first kappa shape index (κ1) is 65.0. The van der Waals surface area contributed by atoms with Gasteiger partial charge in [0.2, 0.25) is 0 Å².